The first-order valence-electron chi connectivity index (χ1n) is 9.59. The highest BCUT2D eigenvalue weighted by Gasteiger charge is 2.29. The van der Waals surface area contributed by atoms with Gasteiger partial charge < -0.3 is 14.8 Å². The third kappa shape index (κ3) is 5.06. The predicted octanol–water partition coefficient (Wildman–Crippen LogP) is 1.76. The average Bonchev–Trinajstić information content (AvgIpc) is 2.79. The second-order valence-electron chi connectivity index (χ2n) is 6.76. The minimum Gasteiger partial charge on any atom is -0.495 e. The first-order valence-corrected chi connectivity index (χ1v) is 12.7. The molecule has 1 fully saturated rings. The molecule has 0 saturated carbocycles. The summed E-state index contributed by atoms with van der Waals surface area (Å²) in [6.07, 6.45) is 0. The Morgan fingerprint density at radius 3 is 2.29 bits per heavy atom. The summed E-state index contributed by atoms with van der Waals surface area (Å²) < 4.78 is 61.7. The van der Waals surface area contributed by atoms with Gasteiger partial charge in [-0.05, 0) is 42.5 Å². The first kappa shape index (κ1) is 23.2. The summed E-state index contributed by atoms with van der Waals surface area (Å²) in [7, 11) is -5.84. The van der Waals surface area contributed by atoms with Gasteiger partial charge in [-0.15, -0.1) is 0 Å². The van der Waals surface area contributed by atoms with Crippen molar-refractivity contribution in [3.63, 3.8) is 0 Å². The number of ether oxygens (including phenoxy) is 2. The number of hydrogen-bond acceptors (Lipinski definition) is 7. The van der Waals surface area contributed by atoms with Crippen molar-refractivity contribution >= 4 is 31.5 Å². The Labute approximate surface area is 181 Å². The highest BCUT2D eigenvalue weighted by Crippen LogP contribution is 2.30. The molecule has 1 saturated heterocycles. The van der Waals surface area contributed by atoms with Crippen LogP contribution in [0, 0.1) is 0 Å². The molecule has 3 rings (SSSR count). The summed E-state index contributed by atoms with van der Waals surface area (Å²) in [6, 6.07) is 9.91. The molecule has 0 radical (unpaired) electrons. The number of methoxy groups -OCH3 is 1. The number of sulfone groups is 1. The number of rotatable bonds is 7. The quantitative estimate of drug-likeness (QED) is 0.658. The van der Waals surface area contributed by atoms with E-state index in [4.69, 9.17) is 9.47 Å². The molecule has 1 aliphatic heterocycles. The van der Waals surface area contributed by atoms with Crippen LogP contribution in [0.15, 0.2) is 52.3 Å². The Hall–Kier alpha value is -2.47. The second-order valence-corrected chi connectivity index (χ2v) is 10.9. The number of morpholine rings is 1. The Morgan fingerprint density at radius 1 is 1.06 bits per heavy atom. The van der Waals surface area contributed by atoms with Crippen LogP contribution < -0.4 is 10.1 Å². The monoisotopic (exact) mass is 468 g/mol. The molecule has 0 aromatic heterocycles. The lowest BCUT2D eigenvalue weighted by Crippen LogP contribution is -2.40. The minimum absolute atomic E-state index is 0.0369. The Bertz CT molecular complexity index is 1150. The first-order chi connectivity index (χ1) is 14.7. The number of amides is 1. The van der Waals surface area contributed by atoms with Crippen LogP contribution >= 0.6 is 0 Å². The van der Waals surface area contributed by atoms with Gasteiger partial charge >= 0.3 is 0 Å². The highest BCUT2D eigenvalue weighted by atomic mass is 32.2. The van der Waals surface area contributed by atoms with Gasteiger partial charge in [0.25, 0.3) is 5.91 Å². The molecule has 1 amide bonds. The SMILES string of the molecule is CCS(=O)(=O)c1ccc(C(=O)Nc2ccc(OC)c(S(=O)(=O)N3CCOCC3)c2)cc1. The van der Waals surface area contributed by atoms with Gasteiger partial charge in [-0.1, -0.05) is 6.92 Å². The molecule has 168 valence electrons. The lowest BCUT2D eigenvalue weighted by Gasteiger charge is -2.26. The van der Waals surface area contributed by atoms with E-state index in [1.54, 1.807) is 6.92 Å². The summed E-state index contributed by atoms with van der Waals surface area (Å²) in [5, 5.41) is 2.65. The minimum atomic E-state index is -3.84. The van der Waals surface area contributed by atoms with E-state index in [9.17, 15) is 21.6 Å². The molecule has 2 aromatic carbocycles. The molecule has 11 heteroatoms. The molecule has 9 nitrogen and oxygen atoms in total. The van der Waals surface area contributed by atoms with Crippen LogP contribution in [0.25, 0.3) is 0 Å². The lowest BCUT2D eigenvalue weighted by molar-refractivity contribution is 0.0729. The molecule has 0 atom stereocenters. The largest absolute Gasteiger partial charge is 0.495 e. The number of nitrogens with one attached hydrogen (secondary N) is 1. The van der Waals surface area contributed by atoms with E-state index in [-0.39, 0.29) is 45.6 Å². The third-order valence-corrected chi connectivity index (χ3v) is 8.54. The number of anilines is 1. The number of carbonyl (C=O) groups is 1. The van der Waals surface area contributed by atoms with Crippen LogP contribution in [0.2, 0.25) is 0 Å². The van der Waals surface area contributed by atoms with Crippen LogP contribution in [0.5, 0.6) is 5.75 Å². The van der Waals surface area contributed by atoms with Gasteiger partial charge in [-0.3, -0.25) is 4.79 Å². The smallest absolute Gasteiger partial charge is 0.255 e. The lowest BCUT2D eigenvalue weighted by atomic mass is 10.2. The zero-order valence-corrected chi connectivity index (χ0v) is 18.8. The standard InChI is InChI=1S/C20H24N2O7S2/c1-3-30(24,25)17-7-4-15(5-8-17)20(23)21-16-6-9-18(28-2)19(14-16)31(26,27)22-10-12-29-13-11-22/h4-9,14H,3,10-13H2,1-2H3,(H,21,23). The fourth-order valence-corrected chi connectivity index (χ4v) is 5.54. The molecule has 0 spiro atoms. The number of hydrogen-bond donors (Lipinski definition) is 1. The van der Waals surface area contributed by atoms with Crippen LogP contribution in [0.3, 0.4) is 0 Å². The van der Waals surface area contributed by atoms with Gasteiger partial charge in [0, 0.05) is 24.3 Å². The van der Waals surface area contributed by atoms with Crippen molar-refractivity contribution in [2.45, 2.75) is 16.7 Å². The number of benzene rings is 2. The fraction of sp³-hybridized carbons (Fsp3) is 0.350. The molecule has 0 aliphatic carbocycles. The van der Waals surface area contributed by atoms with E-state index >= 15 is 0 Å². The van der Waals surface area contributed by atoms with Crippen LogP contribution in [0.4, 0.5) is 5.69 Å². The van der Waals surface area contributed by atoms with Crippen LogP contribution in [-0.2, 0) is 24.6 Å². The second kappa shape index (κ2) is 9.35. The van der Waals surface area contributed by atoms with Gasteiger partial charge in [0.2, 0.25) is 10.0 Å². The summed E-state index contributed by atoms with van der Waals surface area (Å²) >= 11 is 0. The molecular formula is C20H24N2O7S2. The van der Waals surface area contributed by atoms with Gasteiger partial charge in [0.15, 0.2) is 9.84 Å². The maximum Gasteiger partial charge on any atom is 0.255 e. The van der Waals surface area contributed by atoms with E-state index in [0.717, 1.165) is 0 Å². The Morgan fingerprint density at radius 2 is 1.71 bits per heavy atom. The summed E-state index contributed by atoms with van der Waals surface area (Å²) in [4.78, 5) is 12.7. The topological polar surface area (TPSA) is 119 Å². The van der Waals surface area contributed by atoms with Gasteiger partial charge in [-0.2, -0.15) is 4.31 Å². The Kier molecular flexibility index (Phi) is 6.99. The highest BCUT2D eigenvalue weighted by molar-refractivity contribution is 7.91. The van der Waals surface area contributed by atoms with E-state index in [1.807, 2.05) is 0 Å². The molecule has 0 unspecified atom stereocenters. The zero-order valence-electron chi connectivity index (χ0n) is 17.2. The maximum absolute atomic E-state index is 13.1. The van der Waals surface area contributed by atoms with Crippen molar-refractivity contribution in [3.8, 4) is 5.75 Å². The van der Waals surface area contributed by atoms with Crippen molar-refractivity contribution in [3.05, 3.63) is 48.0 Å². The molecule has 1 N–H and O–H groups in total. The molecule has 31 heavy (non-hydrogen) atoms. The maximum atomic E-state index is 13.1. The summed E-state index contributed by atoms with van der Waals surface area (Å²) in [5.74, 6) is -0.371. The van der Waals surface area contributed by atoms with Crippen molar-refractivity contribution in [1.82, 2.24) is 4.31 Å². The molecule has 0 bridgehead atoms. The normalized spacial score (nSPS) is 15.4. The fourth-order valence-electron chi connectivity index (χ4n) is 3.07. The van der Waals surface area contributed by atoms with Gasteiger partial charge in [0.1, 0.15) is 10.6 Å². The molecule has 1 aliphatic rings. The molecule has 2 aromatic rings. The van der Waals surface area contributed by atoms with Gasteiger partial charge in [-0.25, -0.2) is 16.8 Å². The van der Waals surface area contributed by atoms with Crippen molar-refractivity contribution in [2.75, 3.05) is 44.5 Å². The van der Waals surface area contributed by atoms with Crippen molar-refractivity contribution in [1.29, 1.82) is 0 Å². The summed E-state index contributed by atoms with van der Waals surface area (Å²) in [6.45, 7) is 2.62. The summed E-state index contributed by atoms with van der Waals surface area (Å²) in [5.41, 5.74) is 0.506. The van der Waals surface area contributed by atoms with E-state index in [0.29, 0.717) is 13.2 Å². The predicted molar refractivity (Wildman–Crippen MR) is 115 cm³/mol. The van der Waals surface area contributed by atoms with Crippen molar-refractivity contribution < 1.29 is 31.1 Å². The Balaban J connectivity index is 1.85. The number of nitrogens with zero attached hydrogens (tertiary/aromatic N) is 1. The van der Waals surface area contributed by atoms with Crippen molar-refractivity contribution in [2.24, 2.45) is 0 Å². The molecule has 1 heterocycles. The number of sulfonamides is 1. The number of carbonyl (C=O) groups excluding carboxylic acids is 1. The van der Waals surface area contributed by atoms with E-state index in [1.165, 1.54) is 53.9 Å². The van der Waals surface area contributed by atoms with Crippen LogP contribution in [0.1, 0.15) is 17.3 Å². The van der Waals surface area contributed by atoms with Crippen LogP contribution in [-0.4, -0.2) is 66.2 Å². The molecular weight excluding hydrogens is 444 g/mol. The van der Waals surface area contributed by atoms with E-state index in [2.05, 4.69) is 5.32 Å². The van der Waals surface area contributed by atoms with E-state index < -0.39 is 25.8 Å². The van der Waals surface area contributed by atoms with Gasteiger partial charge in [0.05, 0.1) is 31.0 Å². The zero-order chi connectivity index (χ0) is 22.6. The third-order valence-electron chi connectivity index (χ3n) is 4.87. The average molecular weight is 469 g/mol.